The number of hydrogen-bond donors (Lipinski definition) is 0. The van der Waals surface area contributed by atoms with E-state index >= 15 is 0 Å². The molecule has 0 aliphatic heterocycles. The Morgan fingerprint density at radius 1 is 1.18 bits per heavy atom. The molecule has 0 spiro atoms. The second kappa shape index (κ2) is 5.01. The third kappa shape index (κ3) is 2.42. The smallest absolute Gasteiger partial charge is 0.157 e. The van der Waals surface area contributed by atoms with E-state index in [1.165, 1.54) is 18.4 Å². The number of carbonyl (C=O) groups is 1. The van der Waals surface area contributed by atoms with Crippen LogP contribution in [0.5, 0.6) is 0 Å². The first-order valence-corrected chi connectivity index (χ1v) is 6.39. The summed E-state index contributed by atoms with van der Waals surface area (Å²) in [4.78, 5) is 14.5. The Kier molecular flexibility index (Phi) is 3.63. The van der Waals surface area contributed by atoms with Gasteiger partial charge in [0.05, 0.1) is 12.0 Å². The average Bonchev–Trinajstić information content (AvgIpc) is 2.79. The van der Waals surface area contributed by atoms with Gasteiger partial charge in [0.2, 0.25) is 0 Å². The predicted octanol–water partition coefficient (Wildman–Crippen LogP) is 2.63. The molecular weight excluding hydrogens is 210 g/mol. The number of benzene rings is 1. The topological polar surface area (TPSA) is 20.3 Å². The van der Waals surface area contributed by atoms with Crippen molar-refractivity contribution < 1.29 is 4.79 Å². The Morgan fingerprint density at radius 3 is 2.29 bits per heavy atom. The van der Waals surface area contributed by atoms with E-state index in [0.29, 0.717) is 12.3 Å². The standard InChI is InChI=1S/C15H21NO/c1-16(2)12-14(17)15(10-6-7-11-15)13-8-4-3-5-9-13/h3-5,8-9H,6-7,10-12H2,1-2H3. The maximum Gasteiger partial charge on any atom is 0.157 e. The quantitative estimate of drug-likeness (QED) is 0.794. The van der Waals surface area contributed by atoms with Gasteiger partial charge in [-0.2, -0.15) is 0 Å². The highest BCUT2D eigenvalue weighted by Crippen LogP contribution is 2.41. The van der Waals surface area contributed by atoms with E-state index in [1.807, 2.05) is 37.2 Å². The van der Waals surface area contributed by atoms with Crippen molar-refractivity contribution in [1.82, 2.24) is 4.90 Å². The summed E-state index contributed by atoms with van der Waals surface area (Å²) in [5, 5.41) is 0. The summed E-state index contributed by atoms with van der Waals surface area (Å²) in [7, 11) is 3.93. The van der Waals surface area contributed by atoms with E-state index in [2.05, 4.69) is 12.1 Å². The summed E-state index contributed by atoms with van der Waals surface area (Å²) in [6.07, 6.45) is 4.38. The summed E-state index contributed by atoms with van der Waals surface area (Å²) in [5.74, 6) is 0.381. The third-order valence-electron chi connectivity index (χ3n) is 3.78. The van der Waals surface area contributed by atoms with E-state index in [9.17, 15) is 4.79 Å². The molecule has 0 amide bonds. The molecule has 1 aliphatic carbocycles. The van der Waals surface area contributed by atoms with Gasteiger partial charge in [-0.3, -0.25) is 4.79 Å². The first kappa shape index (κ1) is 12.3. The molecule has 1 fully saturated rings. The largest absolute Gasteiger partial charge is 0.302 e. The van der Waals surface area contributed by atoms with Crippen LogP contribution >= 0.6 is 0 Å². The van der Waals surface area contributed by atoms with Gasteiger partial charge in [-0.25, -0.2) is 0 Å². The number of Topliss-reactive ketones (excluding diaryl/α,β-unsaturated/α-hetero) is 1. The van der Waals surface area contributed by atoms with E-state index in [0.717, 1.165) is 12.8 Å². The van der Waals surface area contributed by atoms with E-state index in [1.54, 1.807) is 0 Å². The van der Waals surface area contributed by atoms with Crippen molar-refractivity contribution in [2.24, 2.45) is 0 Å². The summed E-state index contributed by atoms with van der Waals surface area (Å²) in [5.41, 5.74) is 1.01. The second-order valence-corrected chi connectivity index (χ2v) is 5.32. The molecule has 17 heavy (non-hydrogen) atoms. The molecule has 2 heteroatoms. The fourth-order valence-corrected chi connectivity index (χ4v) is 2.90. The Balaban J connectivity index is 2.30. The van der Waals surface area contributed by atoms with Crippen LogP contribution in [0.15, 0.2) is 30.3 Å². The van der Waals surface area contributed by atoms with Crippen LogP contribution in [-0.2, 0) is 10.2 Å². The van der Waals surface area contributed by atoms with Gasteiger partial charge in [0.1, 0.15) is 0 Å². The number of nitrogens with zero attached hydrogens (tertiary/aromatic N) is 1. The lowest BCUT2D eigenvalue weighted by Gasteiger charge is -2.29. The molecule has 2 rings (SSSR count). The van der Waals surface area contributed by atoms with Gasteiger partial charge < -0.3 is 4.90 Å². The molecule has 0 unspecified atom stereocenters. The SMILES string of the molecule is CN(C)CC(=O)C1(c2ccccc2)CCCC1. The molecule has 0 aromatic heterocycles. The lowest BCUT2D eigenvalue weighted by atomic mass is 9.75. The molecule has 1 aromatic carbocycles. The summed E-state index contributed by atoms with van der Waals surface area (Å²) >= 11 is 0. The van der Waals surface area contributed by atoms with Crippen LogP contribution < -0.4 is 0 Å². The van der Waals surface area contributed by atoms with Crippen LogP contribution in [0.1, 0.15) is 31.2 Å². The third-order valence-corrected chi connectivity index (χ3v) is 3.78. The monoisotopic (exact) mass is 231 g/mol. The van der Waals surface area contributed by atoms with Gasteiger partial charge in [0.25, 0.3) is 0 Å². The minimum atomic E-state index is -0.203. The average molecular weight is 231 g/mol. The van der Waals surface area contributed by atoms with Gasteiger partial charge in [-0.15, -0.1) is 0 Å². The fourth-order valence-electron chi connectivity index (χ4n) is 2.90. The highest BCUT2D eigenvalue weighted by molar-refractivity contribution is 5.92. The van der Waals surface area contributed by atoms with Gasteiger partial charge >= 0.3 is 0 Å². The Morgan fingerprint density at radius 2 is 1.76 bits per heavy atom. The molecule has 1 aliphatic rings. The Bertz CT molecular complexity index is 377. The molecule has 0 heterocycles. The highest BCUT2D eigenvalue weighted by atomic mass is 16.1. The molecule has 0 saturated heterocycles. The molecule has 1 saturated carbocycles. The molecular formula is C15H21NO. The maximum absolute atomic E-state index is 12.5. The van der Waals surface area contributed by atoms with Crippen LogP contribution in [0, 0.1) is 0 Å². The zero-order valence-electron chi connectivity index (χ0n) is 10.8. The number of likely N-dealkylation sites (N-methyl/N-ethyl adjacent to an activating group) is 1. The van der Waals surface area contributed by atoms with Gasteiger partial charge in [-0.1, -0.05) is 43.2 Å². The predicted molar refractivity (Wildman–Crippen MR) is 70.1 cm³/mol. The molecule has 2 nitrogen and oxygen atoms in total. The molecule has 0 atom stereocenters. The Labute approximate surface area is 104 Å². The summed E-state index contributed by atoms with van der Waals surface area (Å²) in [6.45, 7) is 0.550. The molecule has 0 bridgehead atoms. The minimum Gasteiger partial charge on any atom is -0.302 e. The maximum atomic E-state index is 12.5. The van der Waals surface area contributed by atoms with E-state index in [-0.39, 0.29) is 5.41 Å². The zero-order chi connectivity index (χ0) is 12.3. The molecule has 1 aromatic rings. The lowest BCUT2D eigenvalue weighted by Crippen LogP contribution is -2.39. The number of hydrogen-bond acceptors (Lipinski definition) is 2. The van der Waals surface area contributed by atoms with Crippen molar-refractivity contribution in [1.29, 1.82) is 0 Å². The fraction of sp³-hybridized carbons (Fsp3) is 0.533. The molecule has 92 valence electrons. The van der Waals surface area contributed by atoms with Gasteiger partial charge in [0.15, 0.2) is 5.78 Å². The zero-order valence-corrected chi connectivity index (χ0v) is 10.8. The number of carbonyl (C=O) groups excluding carboxylic acids is 1. The number of ketones is 1. The van der Waals surface area contributed by atoms with Crippen LogP contribution in [0.2, 0.25) is 0 Å². The summed E-state index contributed by atoms with van der Waals surface area (Å²) < 4.78 is 0. The minimum absolute atomic E-state index is 0.203. The van der Waals surface area contributed by atoms with E-state index < -0.39 is 0 Å². The highest BCUT2D eigenvalue weighted by Gasteiger charge is 2.41. The van der Waals surface area contributed by atoms with Crippen molar-refractivity contribution in [3.63, 3.8) is 0 Å². The van der Waals surface area contributed by atoms with Crippen molar-refractivity contribution in [3.05, 3.63) is 35.9 Å². The Hall–Kier alpha value is -1.15. The molecule has 0 radical (unpaired) electrons. The van der Waals surface area contributed by atoms with Crippen LogP contribution in [-0.4, -0.2) is 31.3 Å². The van der Waals surface area contributed by atoms with Crippen molar-refractivity contribution in [2.45, 2.75) is 31.1 Å². The first-order chi connectivity index (χ1) is 8.15. The summed E-state index contributed by atoms with van der Waals surface area (Å²) in [6, 6.07) is 10.3. The first-order valence-electron chi connectivity index (χ1n) is 6.39. The van der Waals surface area contributed by atoms with Crippen LogP contribution in [0.4, 0.5) is 0 Å². The van der Waals surface area contributed by atoms with Crippen molar-refractivity contribution in [3.8, 4) is 0 Å². The van der Waals surface area contributed by atoms with Crippen molar-refractivity contribution in [2.75, 3.05) is 20.6 Å². The van der Waals surface area contributed by atoms with Crippen LogP contribution in [0.25, 0.3) is 0 Å². The number of rotatable bonds is 4. The van der Waals surface area contributed by atoms with E-state index in [4.69, 9.17) is 0 Å². The normalized spacial score (nSPS) is 18.5. The second-order valence-electron chi connectivity index (χ2n) is 5.32. The van der Waals surface area contributed by atoms with Gasteiger partial charge in [0, 0.05) is 0 Å². The lowest BCUT2D eigenvalue weighted by molar-refractivity contribution is -0.125. The van der Waals surface area contributed by atoms with Gasteiger partial charge in [-0.05, 0) is 32.5 Å². The van der Waals surface area contributed by atoms with Crippen LogP contribution in [0.3, 0.4) is 0 Å². The van der Waals surface area contributed by atoms with Crippen molar-refractivity contribution >= 4 is 5.78 Å². The molecule has 0 N–H and O–H groups in total.